The SMILES string of the molecule is Cc1cc2nc(-c3ccc(NC(=O)C4CCC4)cc3)[nH]c2cc1C. The average Bonchev–Trinajstić information content (AvgIpc) is 2.89. The summed E-state index contributed by atoms with van der Waals surface area (Å²) in [6, 6.07) is 12.1. The third kappa shape index (κ3) is 2.68. The topological polar surface area (TPSA) is 57.8 Å². The quantitative estimate of drug-likeness (QED) is 0.742. The molecule has 2 N–H and O–H groups in total. The molecule has 0 unspecified atom stereocenters. The van der Waals surface area contributed by atoms with Crippen LogP contribution in [-0.2, 0) is 4.79 Å². The summed E-state index contributed by atoms with van der Waals surface area (Å²) in [5.74, 6) is 1.20. The van der Waals surface area contributed by atoms with E-state index in [0.29, 0.717) is 0 Å². The van der Waals surface area contributed by atoms with Gasteiger partial charge in [0.15, 0.2) is 0 Å². The van der Waals surface area contributed by atoms with E-state index >= 15 is 0 Å². The number of anilines is 1. The van der Waals surface area contributed by atoms with Crippen LogP contribution in [0.4, 0.5) is 5.69 Å². The summed E-state index contributed by atoms with van der Waals surface area (Å²) in [4.78, 5) is 20.1. The van der Waals surface area contributed by atoms with E-state index in [1.165, 1.54) is 17.5 Å². The summed E-state index contributed by atoms with van der Waals surface area (Å²) in [7, 11) is 0. The second kappa shape index (κ2) is 5.78. The predicted molar refractivity (Wildman–Crippen MR) is 97.0 cm³/mol. The lowest BCUT2D eigenvalue weighted by atomic mass is 9.85. The number of hydrogen-bond donors (Lipinski definition) is 2. The number of nitrogens with zero attached hydrogens (tertiary/aromatic N) is 1. The molecule has 122 valence electrons. The summed E-state index contributed by atoms with van der Waals surface area (Å²) in [5, 5.41) is 2.99. The van der Waals surface area contributed by atoms with Crippen molar-refractivity contribution in [2.45, 2.75) is 33.1 Å². The van der Waals surface area contributed by atoms with Gasteiger partial charge in [0.25, 0.3) is 0 Å². The molecule has 0 spiro atoms. The molecule has 1 aliphatic carbocycles. The molecule has 0 aliphatic heterocycles. The zero-order valence-electron chi connectivity index (χ0n) is 14.0. The lowest BCUT2D eigenvalue weighted by molar-refractivity contribution is -0.122. The van der Waals surface area contributed by atoms with Crippen LogP contribution < -0.4 is 5.32 Å². The van der Waals surface area contributed by atoms with Gasteiger partial charge in [0.1, 0.15) is 5.82 Å². The molecule has 0 saturated heterocycles. The Bertz CT molecular complexity index is 866. The Balaban J connectivity index is 1.57. The smallest absolute Gasteiger partial charge is 0.227 e. The van der Waals surface area contributed by atoms with Gasteiger partial charge >= 0.3 is 0 Å². The number of hydrogen-bond acceptors (Lipinski definition) is 2. The Morgan fingerprint density at radius 3 is 2.50 bits per heavy atom. The molecule has 4 rings (SSSR count). The number of carbonyl (C=O) groups is 1. The maximum atomic E-state index is 12.0. The van der Waals surface area contributed by atoms with Crippen molar-refractivity contribution in [3.05, 3.63) is 47.5 Å². The lowest BCUT2D eigenvalue weighted by Gasteiger charge is -2.24. The first-order chi connectivity index (χ1) is 11.6. The fraction of sp³-hybridized carbons (Fsp3) is 0.300. The van der Waals surface area contributed by atoms with Gasteiger partial charge in [0, 0.05) is 17.2 Å². The Labute approximate surface area is 141 Å². The number of nitrogens with one attached hydrogen (secondary N) is 2. The minimum Gasteiger partial charge on any atom is -0.338 e. The van der Waals surface area contributed by atoms with Crippen molar-refractivity contribution in [2.75, 3.05) is 5.32 Å². The molecule has 4 heteroatoms. The van der Waals surface area contributed by atoms with Crippen LogP contribution in [0.5, 0.6) is 0 Å². The Morgan fingerprint density at radius 1 is 1.12 bits per heavy atom. The van der Waals surface area contributed by atoms with E-state index in [4.69, 9.17) is 0 Å². The first-order valence-corrected chi connectivity index (χ1v) is 8.48. The molecule has 3 aromatic rings. The monoisotopic (exact) mass is 319 g/mol. The van der Waals surface area contributed by atoms with Crippen LogP contribution in [0.25, 0.3) is 22.4 Å². The van der Waals surface area contributed by atoms with Crippen LogP contribution in [0, 0.1) is 19.8 Å². The molecule has 1 aromatic heterocycles. The molecule has 0 radical (unpaired) electrons. The Morgan fingerprint density at radius 2 is 1.83 bits per heavy atom. The first kappa shape index (κ1) is 14.9. The number of fused-ring (bicyclic) bond motifs is 1. The van der Waals surface area contributed by atoms with E-state index in [2.05, 4.69) is 41.3 Å². The van der Waals surface area contributed by atoms with Crippen LogP contribution in [0.2, 0.25) is 0 Å². The standard InChI is InChI=1S/C20H21N3O/c1-12-10-17-18(11-13(12)2)23-19(22-17)14-6-8-16(9-7-14)21-20(24)15-4-3-5-15/h6-11,15H,3-5H2,1-2H3,(H,21,24)(H,22,23). The summed E-state index contributed by atoms with van der Waals surface area (Å²) in [6.07, 6.45) is 3.20. The molecule has 0 bridgehead atoms. The van der Waals surface area contributed by atoms with E-state index in [1.54, 1.807) is 0 Å². The maximum Gasteiger partial charge on any atom is 0.227 e. The molecular weight excluding hydrogens is 298 g/mol. The number of aromatic nitrogens is 2. The van der Waals surface area contributed by atoms with Crippen LogP contribution in [0.3, 0.4) is 0 Å². The van der Waals surface area contributed by atoms with Gasteiger partial charge in [0.2, 0.25) is 5.91 Å². The van der Waals surface area contributed by atoms with Crippen molar-refractivity contribution in [1.82, 2.24) is 9.97 Å². The third-order valence-corrected chi connectivity index (χ3v) is 5.00. The van der Waals surface area contributed by atoms with Crippen molar-refractivity contribution < 1.29 is 4.79 Å². The van der Waals surface area contributed by atoms with Gasteiger partial charge in [-0.15, -0.1) is 0 Å². The van der Waals surface area contributed by atoms with E-state index < -0.39 is 0 Å². The van der Waals surface area contributed by atoms with Crippen LogP contribution >= 0.6 is 0 Å². The minimum atomic E-state index is 0.142. The second-order valence-corrected chi connectivity index (χ2v) is 6.73. The number of aryl methyl sites for hydroxylation is 2. The van der Waals surface area contributed by atoms with Gasteiger partial charge in [-0.1, -0.05) is 6.42 Å². The normalized spacial score (nSPS) is 14.6. The third-order valence-electron chi connectivity index (χ3n) is 5.00. The van der Waals surface area contributed by atoms with Crippen molar-refractivity contribution in [1.29, 1.82) is 0 Å². The highest BCUT2D eigenvalue weighted by Gasteiger charge is 2.25. The van der Waals surface area contributed by atoms with Crippen molar-refractivity contribution in [2.24, 2.45) is 5.92 Å². The molecule has 1 aliphatic rings. The number of H-pyrrole nitrogens is 1. The molecule has 24 heavy (non-hydrogen) atoms. The minimum absolute atomic E-state index is 0.142. The van der Waals surface area contributed by atoms with E-state index in [1.807, 2.05) is 24.3 Å². The molecule has 2 aromatic carbocycles. The van der Waals surface area contributed by atoms with Gasteiger partial charge in [-0.05, 0) is 74.2 Å². The molecule has 0 atom stereocenters. The van der Waals surface area contributed by atoms with Gasteiger partial charge in [0.05, 0.1) is 11.0 Å². The number of aromatic amines is 1. The second-order valence-electron chi connectivity index (χ2n) is 6.73. The molecule has 1 amide bonds. The summed E-state index contributed by atoms with van der Waals surface area (Å²) >= 11 is 0. The largest absolute Gasteiger partial charge is 0.338 e. The highest BCUT2D eigenvalue weighted by Crippen LogP contribution is 2.28. The number of carbonyl (C=O) groups excluding carboxylic acids is 1. The van der Waals surface area contributed by atoms with Crippen LogP contribution in [0.1, 0.15) is 30.4 Å². The molecular formula is C20H21N3O. The fourth-order valence-corrected chi connectivity index (χ4v) is 3.03. The Hall–Kier alpha value is -2.62. The molecule has 4 nitrogen and oxygen atoms in total. The summed E-state index contributed by atoms with van der Waals surface area (Å²) in [5.41, 5.74) is 6.40. The zero-order chi connectivity index (χ0) is 16.7. The van der Waals surface area contributed by atoms with Crippen LogP contribution in [0.15, 0.2) is 36.4 Å². The van der Waals surface area contributed by atoms with E-state index in [-0.39, 0.29) is 11.8 Å². The lowest BCUT2D eigenvalue weighted by Crippen LogP contribution is -2.27. The number of rotatable bonds is 3. The van der Waals surface area contributed by atoms with Crippen molar-refractivity contribution >= 4 is 22.6 Å². The van der Waals surface area contributed by atoms with Gasteiger partial charge in [-0.3, -0.25) is 4.79 Å². The number of imidazole rings is 1. The first-order valence-electron chi connectivity index (χ1n) is 8.48. The van der Waals surface area contributed by atoms with Gasteiger partial charge in [-0.2, -0.15) is 0 Å². The Kier molecular flexibility index (Phi) is 3.60. The molecule has 1 heterocycles. The van der Waals surface area contributed by atoms with Crippen molar-refractivity contribution in [3.8, 4) is 11.4 Å². The number of benzene rings is 2. The zero-order valence-corrected chi connectivity index (χ0v) is 14.0. The number of amides is 1. The van der Waals surface area contributed by atoms with Crippen molar-refractivity contribution in [3.63, 3.8) is 0 Å². The van der Waals surface area contributed by atoms with Gasteiger partial charge < -0.3 is 10.3 Å². The van der Waals surface area contributed by atoms with Gasteiger partial charge in [-0.25, -0.2) is 4.98 Å². The summed E-state index contributed by atoms with van der Waals surface area (Å²) < 4.78 is 0. The predicted octanol–water partition coefficient (Wildman–Crippen LogP) is 4.59. The van der Waals surface area contributed by atoms with E-state index in [9.17, 15) is 4.79 Å². The maximum absolute atomic E-state index is 12.0. The molecule has 1 saturated carbocycles. The van der Waals surface area contributed by atoms with Crippen LogP contribution in [-0.4, -0.2) is 15.9 Å². The summed E-state index contributed by atoms with van der Waals surface area (Å²) in [6.45, 7) is 4.21. The van der Waals surface area contributed by atoms with E-state index in [0.717, 1.165) is 41.0 Å². The average molecular weight is 319 g/mol. The highest BCUT2D eigenvalue weighted by molar-refractivity contribution is 5.93. The fourth-order valence-electron chi connectivity index (χ4n) is 3.03. The molecule has 1 fully saturated rings. The highest BCUT2D eigenvalue weighted by atomic mass is 16.1.